The average Bonchev–Trinajstić information content (AvgIpc) is 2.80. The standard InChI is InChI=1S/C12H12N4S/c13-8-1-3-9(4-2-8)16-7-15-12-10(11(16)14)5-6-17-12/h1-6,14-15H,7,13H2. The molecule has 0 spiro atoms. The molecule has 4 N–H and O–H groups in total. The zero-order chi connectivity index (χ0) is 11.8. The van der Waals surface area contributed by atoms with Crippen LogP contribution in [0, 0.1) is 5.41 Å². The Labute approximate surface area is 103 Å². The van der Waals surface area contributed by atoms with E-state index < -0.39 is 0 Å². The maximum Gasteiger partial charge on any atom is 0.137 e. The van der Waals surface area contributed by atoms with Crippen LogP contribution in [0.2, 0.25) is 0 Å². The van der Waals surface area contributed by atoms with Gasteiger partial charge in [-0.3, -0.25) is 5.41 Å². The predicted molar refractivity (Wildman–Crippen MR) is 73.0 cm³/mol. The molecule has 2 aromatic rings. The molecule has 1 aliphatic heterocycles. The van der Waals surface area contributed by atoms with Crippen molar-refractivity contribution in [3.05, 3.63) is 41.3 Å². The lowest BCUT2D eigenvalue weighted by molar-refractivity contribution is 1.04. The van der Waals surface area contributed by atoms with Crippen LogP contribution in [0.25, 0.3) is 0 Å². The number of nitrogen functional groups attached to an aromatic ring is 1. The fourth-order valence-corrected chi connectivity index (χ4v) is 2.66. The second-order valence-corrected chi connectivity index (χ2v) is 4.78. The third-order valence-corrected chi connectivity index (χ3v) is 3.66. The molecule has 0 amide bonds. The lowest BCUT2D eigenvalue weighted by Gasteiger charge is -2.30. The van der Waals surface area contributed by atoms with Crippen LogP contribution < -0.4 is 16.0 Å². The number of fused-ring (bicyclic) bond motifs is 1. The van der Waals surface area contributed by atoms with Crippen LogP contribution in [0.3, 0.4) is 0 Å². The predicted octanol–water partition coefficient (Wildman–Crippen LogP) is 2.55. The molecule has 17 heavy (non-hydrogen) atoms. The Kier molecular flexibility index (Phi) is 2.26. The number of hydrogen-bond acceptors (Lipinski definition) is 4. The summed E-state index contributed by atoms with van der Waals surface area (Å²) in [5.41, 5.74) is 8.34. The molecule has 0 fully saturated rings. The van der Waals surface area contributed by atoms with Gasteiger partial charge in [0, 0.05) is 11.4 Å². The minimum absolute atomic E-state index is 0.532. The maximum atomic E-state index is 8.20. The summed E-state index contributed by atoms with van der Waals surface area (Å²) in [5.74, 6) is 0.532. The normalized spacial score (nSPS) is 14.4. The van der Waals surface area contributed by atoms with Gasteiger partial charge in [-0.05, 0) is 35.7 Å². The van der Waals surface area contributed by atoms with E-state index in [0.717, 1.165) is 21.9 Å². The van der Waals surface area contributed by atoms with Crippen LogP contribution in [0.4, 0.5) is 16.4 Å². The van der Waals surface area contributed by atoms with Gasteiger partial charge in [0.2, 0.25) is 0 Å². The zero-order valence-electron chi connectivity index (χ0n) is 9.10. The summed E-state index contributed by atoms with van der Waals surface area (Å²) in [5, 5.41) is 14.6. The van der Waals surface area contributed by atoms with Crippen molar-refractivity contribution in [3.8, 4) is 0 Å². The largest absolute Gasteiger partial charge is 0.399 e. The van der Waals surface area contributed by atoms with E-state index >= 15 is 0 Å². The van der Waals surface area contributed by atoms with Gasteiger partial charge in [0.05, 0.1) is 12.2 Å². The first kappa shape index (κ1) is 10.2. The van der Waals surface area contributed by atoms with Crippen LogP contribution in [0.15, 0.2) is 35.7 Å². The van der Waals surface area contributed by atoms with Gasteiger partial charge in [-0.2, -0.15) is 0 Å². The van der Waals surface area contributed by atoms with E-state index in [-0.39, 0.29) is 0 Å². The van der Waals surface area contributed by atoms with Gasteiger partial charge >= 0.3 is 0 Å². The van der Waals surface area contributed by atoms with Gasteiger partial charge in [-0.25, -0.2) is 0 Å². The molecule has 1 aromatic heterocycles. The number of nitrogens with one attached hydrogen (secondary N) is 2. The number of rotatable bonds is 1. The molecule has 0 atom stereocenters. The molecule has 5 heteroatoms. The molecule has 0 bridgehead atoms. The molecule has 2 heterocycles. The molecular weight excluding hydrogens is 232 g/mol. The molecular formula is C12H12N4S. The first-order valence-electron chi connectivity index (χ1n) is 5.29. The van der Waals surface area contributed by atoms with Gasteiger partial charge < -0.3 is 16.0 Å². The number of nitrogens with zero attached hydrogens (tertiary/aromatic N) is 1. The number of thiophene rings is 1. The van der Waals surface area contributed by atoms with Crippen molar-refractivity contribution in [2.45, 2.75) is 0 Å². The van der Waals surface area contributed by atoms with Crippen molar-refractivity contribution in [3.63, 3.8) is 0 Å². The van der Waals surface area contributed by atoms with Crippen LogP contribution >= 0.6 is 11.3 Å². The van der Waals surface area contributed by atoms with Gasteiger partial charge in [0.1, 0.15) is 10.8 Å². The second-order valence-electron chi connectivity index (χ2n) is 3.87. The molecule has 0 saturated heterocycles. The Morgan fingerprint density at radius 1 is 1.24 bits per heavy atom. The highest BCUT2D eigenvalue weighted by Gasteiger charge is 2.22. The van der Waals surface area contributed by atoms with Crippen molar-refractivity contribution in [1.29, 1.82) is 5.41 Å². The summed E-state index contributed by atoms with van der Waals surface area (Å²) >= 11 is 1.63. The van der Waals surface area contributed by atoms with Crippen LogP contribution in [0.5, 0.6) is 0 Å². The van der Waals surface area contributed by atoms with Crippen LogP contribution in [0.1, 0.15) is 5.56 Å². The van der Waals surface area contributed by atoms with Gasteiger partial charge in [-0.1, -0.05) is 0 Å². The van der Waals surface area contributed by atoms with E-state index in [0.29, 0.717) is 12.5 Å². The summed E-state index contributed by atoms with van der Waals surface area (Å²) in [6, 6.07) is 9.54. The van der Waals surface area contributed by atoms with Gasteiger partial charge in [0.15, 0.2) is 0 Å². The SMILES string of the molecule is N=C1c2ccsc2NCN1c1ccc(N)cc1. The smallest absolute Gasteiger partial charge is 0.137 e. The summed E-state index contributed by atoms with van der Waals surface area (Å²) in [6.45, 7) is 0.621. The molecule has 1 aromatic carbocycles. The Morgan fingerprint density at radius 2 is 2.00 bits per heavy atom. The van der Waals surface area contributed by atoms with Crippen molar-refractivity contribution in [2.75, 3.05) is 22.6 Å². The van der Waals surface area contributed by atoms with E-state index in [9.17, 15) is 0 Å². The minimum Gasteiger partial charge on any atom is -0.399 e. The van der Waals surface area contributed by atoms with Crippen molar-refractivity contribution < 1.29 is 0 Å². The van der Waals surface area contributed by atoms with Crippen molar-refractivity contribution in [2.24, 2.45) is 0 Å². The zero-order valence-corrected chi connectivity index (χ0v) is 9.92. The number of hydrogen-bond donors (Lipinski definition) is 3. The lowest BCUT2D eigenvalue weighted by Crippen LogP contribution is -2.39. The second kappa shape index (κ2) is 3.78. The highest BCUT2D eigenvalue weighted by atomic mass is 32.1. The Hall–Kier alpha value is -2.01. The van der Waals surface area contributed by atoms with Crippen molar-refractivity contribution in [1.82, 2.24) is 0 Å². The first-order chi connectivity index (χ1) is 8.25. The van der Waals surface area contributed by atoms with E-state index in [1.54, 1.807) is 11.3 Å². The van der Waals surface area contributed by atoms with Crippen LogP contribution in [-0.2, 0) is 0 Å². The van der Waals surface area contributed by atoms with E-state index in [4.69, 9.17) is 11.1 Å². The third kappa shape index (κ3) is 1.64. The van der Waals surface area contributed by atoms with E-state index in [2.05, 4.69) is 5.32 Å². The molecule has 1 aliphatic rings. The summed E-state index contributed by atoms with van der Waals surface area (Å²) in [6.07, 6.45) is 0. The monoisotopic (exact) mass is 244 g/mol. The van der Waals surface area contributed by atoms with Crippen molar-refractivity contribution >= 4 is 33.5 Å². The van der Waals surface area contributed by atoms with E-state index in [1.165, 1.54) is 0 Å². The topological polar surface area (TPSA) is 65.1 Å². The highest BCUT2D eigenvalue weighted by molar-refractivity contribution is 7.14. The Bertz CT molecular complexity index is 558. The quantitative estimate of drug-likeness (QED) is 0.675. The summed E-state index contributed by atoms with van der Waals surface area (Å²) in [4.78, 5) is 1.93. The highest BCUT2D eigenvalue weighted by Crippen LogP contribution is 2.30. The fraction of sp³-hybridized carbons (Fsp3) is 0.0833. The fourth-order valence-electron chi connectivity index (χ4n) is 1.88. The summed E-state index contributed by atoms with van der Waals surface area (Å²) < 4.78 is 0. The molecule has 0 aliphatic carbocycles. The number of anilines is 3. The Morgan fingerprint density at radius 3 is 2.76 bits per heavy atom. The first-order valence-corrected chi connectivity index (χ1v) is 6.17. The van der Waals surface area contributed by atoms with E-state index in [1.807, 2.05) is 40.6 Å². The molecule has 0 saturated carbocycles. The van der Waals surface area contributed by atoms with Crippen LogP contribution in [-0.4, -0.2) is 12.5 Å². The molecule has 86 valence electrons. The Balaban J connectivity index is 1.96. The molecule has 3 rings (SSSR count). The average molecular weight is 244 g/mol. The number of nitrogens with two attached hydrogens (primary N) is 1. The van der Waals surface area contributed by atoms with Gasteiger partial charge in [-0.15, -0.1) is 11.3 Å². The lowest BCUT2D eigenvalue weighted by atomic mass is 10.2. The minimum atomic E-state index is 0.532. The molecule has 0 radical (unpaired) electrons. The van der Waals surface area contributed by atoms with Gasteiger partial charge in [0.25, 0.3) is 0 Å². The number of benzene rings is 1. The number of amidine groups is 1. The maximum absolute atomic E-state index is 8.20. The summed E-state index contributed by atoms with van der Waals surface area (Å²) in [7, 11) is 0. The molecule has 4 nitrogen and oxygen atoms in total. The molecule has 0 unspecified atom stereocenters. The third-order valence-electron chi connectivity index (χ3n) is 2.79.